The fourth-order valence-corrected chi connectivity index (χ4v) is 4.08. The lowest BCUT2D eigenvalue weighted by Crippen LogP contribution is -2.39. The minimum Gasteiger partial charge on any atom is -0.460 e. The van der Waals surface area contributed by atoms with E-state index in [4.69, 9.17) is 9.15 Å². The van der Waals surface area contributed by atoms with Crippen molar-refractivity contribution in [2.45, 2.75) is 38.3 Å². The number of hydrogen-bond acceptors (Lipinski definition) is 6. The molecule has 1 atom stereocenters. The van der Waals surface area contributed by atoms with Crippen LogP contribution in [0.25, 0.3) is 11.0 Å². The largest absolute Gasteiger partial charge is 0.460 e. The van der Waals surface area contributed by atoms with Crippen LogP contribution in [0.1, 0.15) is 23.6 Å². The fraction of sp³-hybridized carbons (Fsp3) is 0.238. The number of aryl methyl sites for hydroxylation is 2. The van der Waals surface area contributed by atoms with Crippen LogP contribution >= 0.6 is 0 Å². The molecule has 3 rings (SSSR count). The van der Waals surface area contributed by atoms with Crippen molar-refractivity contribution in [2.75, 3.05) is 0 Å². The summed E-state index contributed by atoms with van der Waals surface area (Å²) in [4.78, 5) is 24.3. The Hall–Kier alpha value is -2.97. The smallest absolute Gasteiger partial charge is 0.336 e. The van der Waals surface area contributed by atoms with Crippen LogP contribution in [0, 0.1) is 13.8 Å². The van der Waals surface area contributed by atoms with Crippen molar-refractivity contribution < 1.29 is 22.4 Å². The molecule has 0 saturated carbocycles. The van der Waals surface area contributed by atoms with Gasteiger partial charge in [-0.15, -0.1) is 0 Å². The Kier molecular flexibility index (Phi) is 5.86. The molecule has 8 heteroatoms. The first-order chi connectivity index (χ1) is 13.7. The topological polar surface area (TPSA) is 103 Å². The van der Waals surface area contributed by atoms with E-state index in [2.05, 4.69) is 4.72 Å². The molecular formula is C21H21NO6S. The Balaban J connectivity index is 1.76. The van der Waals surface area contributed by atoms with Gasteiger partial charge in [0.2, 0.25) is 10.0 Å². The minimum atomic E-state index is -3.86. The van der Waals surface area contributed by atoms with Crippen molar-refractivity contribution in [3.05, 3.63) is 75.6 Å². The second kappa shape index (κ2) is 8.18. The Morgan fingerprint density at radius 2 is 1.83 bits per heavy atom. The molecule has 0 spiro atoms. The first-order valence-electron chi connectivity index (χ1n) is 8.96. The molecule has 0 saturated heterocycles. The predicted molar refractivity (Wildman–Crippen MR) is 108 cm³/mol. The zero-order valence-corrected chi connectivity index (χ0v) is 17.1. The van der Waals surface area contributed by atoms with Gasteiger partial charge in [-0.1, -0.05) is 30.3 Å². The Labute approximate surface area is 168 Å². The number of carbonyl (C=O) groups excluding carboxylic acids is 1. The number of fused-ring (bicyclic) bond motifs is 1. The minimum absolute atomic E-state index is 0.0529. The van der Waals surface area contributed by atoms with Crippen LogP contribution in [0.3, 0.4) is 0 Å². The molecule has 0 aliphatic rings. The molecule has 1 unspecified atom stereocenters. The van der Waals surface area contributed by atoms with Gasteiger partial charge in [0.1, 0.15) is 18.2 Å². The van der Waals surface area contributed by atoms with E-state index in [1.807, 2.05) is 19.9 Å². The predicted octanol–water partition coefficient (Wildman–Crippen LogP) is 2.82. The molecule has 29 heavy (non-hydrogen) atoms. The van der Waals surface area contributed by atoms with Gasteiger partial charge in [0.15, 0.2) is 0 Å². The van der Waals surface area contributed by atoms with Crippen LogP contribution in [0.2, 0.25) is 0 Å². The maximum absolute atomic E-state index is 12.3. The van der Waals surface area contributed by atoms with E-state index >= 15 is 0 Å². The molecule has 0 amide bonds. The molecule has 0 aliphatic carbocycles. The molecule has 0 fully saturated rings. The highest BCUT2D eigenvalue weighted by Gasteiger charge is 2.23. The van der Waals surface area contributed by atoms with Gasteiger partial charge in [-0.25, -0.2) is 13.2 Å². The Morgan fingerprint density at radius 1 is 1.14 bits per heavy atom. The van der Waals surface area contributed by atoms with Gasteiger partial charge in [-0.3, -0.25) is 4.79 Å². The molecule has 0 aliphatic heterocycles. The highest BCUT2D eigenvalue weighted by Crippen LogP contribution is 2.23. The van der Waals surface area contributed by atoms with Gasteiger partial charge in [0.25, 0.3) is 0 Å². The number of ether oxygens (including phenoxy) is 1. The molecule has 1 heterocycles. The zero-order valence-electron chi connectivity index (χ0n) is 16.3. The number of hydrogen-bond donors (Lipinski definition) is 1. The third kappa shape index (κ3) is 4.55. The Morgan fingerprint density at radius 3 is 2.52 bits per heavy atom. The number of rotatable bonds is 6. The maximum Gasteiger partial charge on any atom is 0.336 e. The van der Waals surface area contributed by atoms with Gasteiger partial charge in [0, 0.05) is 17.0 Å². The van der Waals surface area contributed by atoms with Crippen LogP contribution in [-0.2, 0) is 26.2 Å². The second-order valence-electron chi connectivity index (χ2n) is 6.74. The zero-order chi connectivity index (χ0) is 21.2. The van der Waals surface area contributed by atoms with Crippen molar-refractivity contribution in [3.8, 4) is 0 Å². The van der Waals surface area contributed by atoms with Crippen LogP contribution in [0.4, 0.5) is 0 Å². The van der Waals surface area contributed by atoms with E-state index in [1.54, 1.807) is 24.3 Å². The van der Waals surface area contributed by atoms with Gasteiger partial charge in [0.05, 0.1) is 4.90 Å². The summed E-state index contributed by atoms with van der Waals surface area (Å²) in [6.45, 7) is 4.97. The van der Waals surface area contributed by atoms with E-state index in [1.165, 1.54) is 25.1 Å². The van der Waals surface area contributed by atoms with E-state index in [9.17, 15) is 18.0 Å². The highest BCUT2D eigenvalue weighted by molar-refractivity contribution is 7.89. The third-order valence-corrected chi connectivity index (χ3v) is 6.18. The van der Waals surface area contributed by atoms with Gasteiger partial charge < -0.3 is 9.15 Å². The van der Waals surface area contributed by atoms with E-state index in [-0.39, 0.29) is 11.5 Å². The van der Waals surface area contributed by atoms with Crippen LogP contribution in [0.15, 0.2) is 62.6 Å². The lowest BCUT2D eigenvalue weighted by atomic mass is 10.0. The first kappa shape index (κ1) is 20.8. The van der Waals surface area contributed by atoms with Crippen molar-refractivity contribution in [2.24, 2.45) is 0 Å². The first-order valence-corrected chi connectivity index (χ1v) is 10.4. The molecule has 2 aromatic carbocycles. The van der Waals surface area contributed by atoms with Crippen LogP contribution in [0.5, 0.6) is 0 Å². The molecule has 152 valence electrons. The molecule has 0 radical (unpaired) electrons. The second-order valence-corrected chi connectivity index (χ2v) is 8.45. The quantitative estimate of drug-likeness (QED) is 0.491. The summed E-state index contributed by atoms with van der Waals surface area (Å²) in [5.74, 6) is -0.755. The lowest BCUT2D eigenvalue weighted by molar-refractivity contribution is -0.146. The number of esters is 1. The van der Waals surface area contributed by atoms with E-state index < -0.39 is 27.7 Å². The van der Waals surface area contributed by atoms with Crippen LogP contribution < -0.4 is 10.3 Å². The maximum atomic E-state index is 12.3. The number of carbonyl (C=O) groups is 1. The van der Waals surface area contributed by atoms with Gasteiger partial charge in [-0.05, 0) is 44.0 Å². The van der Waals surface area contributed by atoms with Gasteiger partial charge >= 0.3 is 11.6 Å². The number of sulfonamides is 1. The van der Waals surface area contributed by atoms with Gasteiger partial charge in [-0.2, -0.15) is 4.72 Å². The monoisotopic (exact) mass is 415 g/mol. The summed E-state index contributed by atoms with van der Waals surface area (Å²) in [7, 11) is -3.86. The number of benzene rings is 2. The fourth-order valence-electron chi connectivity index (χ4n) is 2.87. The van der Waals surface area contributed by atoms with Crippen molar-refractivity contribution in [1.29, 1.82) is 0 Å². The normalized spacial score (nSPS) is 12.7. The van der Waals surface area contributed by atoms with Crippen molar-refractivity contribution in [3.63, 3.8) is 0 Å². The average Bonchev–Trinajstić information content (AvgIpc) is 2.69. The molecule has 1 aromatic heterocycles. The standard InChI is InChI=1S/C21H21NO6S/c1-13-9-10-18-16(11-19(23)28-20(18)14(13)2)12-27-21(24)15(3)22-29(25,26)17-7-5-4-6-8-17/h4-11,15,22H,12H2,1-3H3. The lowest BCUT2D eigenvalue weighted by Gasteiger charge is -2.14. The molecule has 3 aromatic rings. The van der Waals surface area contributed by atoms with Crippen molar-refractivity contribution in [1.82, 2.24) is 4.72 Å². The third-order valence-electron chi connectivity index (χ3n) is 4.63. The highest BCUT2D eigenvalue weighted by atomic mass is 32.2. The van der Waals surface area contributed by atoms with E-state index in [0.29, 0.717) is 16.5 Å². The summed E-state index contributed by atoms with van der Waals surface area (Å²) in [6.07, 6.45) is 0. The molecule has 7 nitrogen and oxygen atoms in total. The summed E-state index contributed by atoms with van der Waals surface area (Å²) in [5, 5.41) is 0.665. The van der Waals surface area contributed by atoms with Crippen molar-refractivity contribution >= 4 is 27.0 Å². The summed E-state index contributed by atoms with van der Waals surface area (Å²) in [5.41, 5.74) is 2.19. The average molecular weight is 415 g/mol. The summed E-state index contributed by atoms with van der Waals surface area (Å²) in [6, 6.07) is 11.6. The molecular weight excluding hydrogens is 394 g/mol. The van der Waals surface area contributed by atoms with E-state index in [0.717, 1.165) is 11.1 Å². The van der Waals surface area contributed by atoms with Crippen LogP contribution in [-0.4, -0.2) is 20.4 Å². The summed E-state index contributed by atoms with van der Waals surface area (Å²) >= 11 is 0. The SMILES string of the molecule is Cc1ccc2c(COC(=O)C(C)NS(=O)(=O)c3ccccc3)cc(=O)oc2c1C. The number of nitrogens with one attached hydrogen (secondary N) is 1. The summed E-state index contributed by atoms with van der Waals surface area (Å²) < 4.78 is 37.5. The molecule has 0 bridgehead atoms. The molecule has 1 N–H and O–H groups in total. The Bertz CT molecular complexity index is 1220.